The van der Waals surface area contributed by atoms with E-state index in [0.717, 1.165) is 17.0 Å². The SMILES string of the molecule is C[C@H](Cc1cccs1)N(Cc1ccc(Cl)cc1)C(=O)CC1CCCC1. The molecule has 1 aliphatic carbocycles. The fraction of sp³-hybridized carbons (Fsp3) is 0.476. The first-order valence-electron chi connectivity index (χ1n) is 9.18. The van der Waals surface area contributed by atoms with Crippen LogP contribution in [0.5, 0.6) is 0 Å². The number of amides is 1. The van der Waals surface area contributed by atoms with E-state index in [4.69, 9.17) is 11.6 Å². The van der Waals surface area contributed by atoms with Gasteiger partial charge in [0.15, 0.2) is 0 Å². The molecule has 0 saturated heterocycles. The molecule has 1 aliphatic rings. The molecule has 1 saturated carbocycles. The van der Waals surface area contributed by atoms with Crippen LogP contribution in [0.3, 0.4) is 0 Å². The summed E-state index contributed by atoms with van der Waals surface area (Å²) < 4.78 is 0. The Hall–Kier alpha value is -1.32. The molecule has 1 aromatic carbocycles. The van der Waals surface area contributed by atoms with Crippen molar-refractivity contribution in [3.8, 4) is 0 Å². The average molecular weight is 376 g/mol. The highest BCUT2D eigenvalue weighted by Crippen LogP contribution is 2.29. The Morgan fingerprint density at radius 3 is 2.60 bits per heavy atom. The van der Waals surface area contributed by atoms with E-state index < -0.39 is 0 Å². The largest absolute Gasteiger partial charge is 0.335 e. The lowest BCUT2D eigenvalue weighted by atomic mass is 10.0. The van der Waals surface area contributed by atoms with Gasteiger partial charge in [-0.1, -0.05) is 42.6 Å². The summed E-state index contributed by atoms with van der Waals surface area (Å²) in [7, 11) is 0. The third-order valence-corrected chi connectivity index (χ3v) is 6.28. The fourth-order valence-corrected chi connectivity index (χ4v) is 4.64. The topological polar surface area (TPSA) is 20.3 Å². The smallest absolute Gasteiger partial charge is 0.223 e. The summed E-state index contributed by atoms with van der Waals surface area (Å²) >= 11 is 7.77. The summed E-state index contributed by atoms with van der Waals surface area (Å²) in [5.74, 6) is 0.875. The van der Waals surface area contributed by atoms with Crippen molar-refractivity contribution >= 4 is 28.8 Å². The van der Waals surface area contributed by atoms with Gasteiger partial charge >= 0.3 is 0 Å². The van der Waals surface area contributed by atoms with Crippen molar-refractivity contribution in [2.75, 3.05) is 0 Å². The van der Waals surface area contributed by atoms with Crippen LogP contribution < -0.4 is 0 Å². The van der Waals surface area contributed by atoms with Crippen LogP contribution in [0.4, 0.5) is 0 Å². The molecular formula is C21H26ClNOS. The third-order valence-electron chi connectivity index (χ3n) is 5.13. The normalized spacial score (nSPS) is 16.1. The van der Waals surface area contributed by atoms with Gasteiger partial charge in [0.25, 0.3) is 0 Å². The highest BCUT2D eigenvalue weighted by molar-refractivity contribution is 7.09. The molecule has 3 rings (SSSR count). The van der Waals surface area contributed by atoms with Crippen LogP contribution in [-0.4, -0.2) is 16.8 Å². The first kappa shape index (κ1) is 18.5. The van der Waals surface area contributed by atoms with Gasteiger partial charge in [-0.15, -0.1) is 11.3 Å². The second-order valence-electron chi connectivity index (χ2n) is 7.14. The monoisotopic (exact) mass is 375 g/mol. The molecule has 0 bridgehead atoms. The Morgan fingerprint density at radius 1 is 1.24 bits per heavy atom. The van der Waals surface area contributed by atoms with E-state index in [-0.39, 0.29) is 6.04 Å². The van der Waals surface area contributed by atoms with E-state index in [1.54, 1.807) is 11.3 Å². The molecule has 0 N–H and O–H groups in total. The van der Waals surface area contributed by atoms with Crippen LogP contribution >= 0.6 is 22.9 Å². The predicted octanol–water partition coefficient (Wildman–Crippen LogP) is 5.94. The van der Waals surface area contributed by atoms with Gasteiger partial charge < -0.3 is 4.90 Å². The Kier molecular flexibility index (Phi) is 6.55. The van der Waals surface area contributed by atoms with Crippen molar-refractivity contribution in [1.82, 2.24) is 4.90 Å². The number of benzene rings is 1. The number of thiophene rings is 1. The highest BCUT2D eigenvalue weighted by Gasteiger charge is 2.25. The summed E-state index contributed by atoms with van der Waals surface area (Å²) in [6.07, 6.45) is 6.59. The molecule has 1 heterocycles. The van der Waals surface area contributed by atoms with Crippen molar-refractivity contribution in [3.05, 3.63) is 57.2 Å². The van der Waals surface area contributed by atoms with E-state index in [1.807, 2.05) is 24.3 Å². The fourth-order valence-electron chi connectivity index (χ4n) is 3.69. The van der Waals surface area contributed by atoms with Crippen molar-refractivity contribution in [3.63, 3.8) is 0 Å². The van der Waals surface area contributed by atoms with Gasteiger partial charge in [-0.05, 0) is 54.8 Å². The molecule has 1 atom stereocenters. The Bertz CT molecular complexity index is 662. The second kappa shape index (κ2) is 8.86. The van der Waals surface area contributed by atoms with Crippen LogP contribution in [0.25, 0.3) is 0 Å². The molecule has 0 spiro atoms. The zero-order valence-corrected chi connectivity index (χ0v) is 16.4. The molecule has 134 valence electrons. The molecule has 0 unspecified atom stereocenters. The minimum atomic E-state index is 0.197. The zero-order chi connectivity index (χ0) is 17.6. The number of carbonyl (C=O) groups excluding carboxylic acids is 1. The Morgan fingerprint density at radius 2 is 1.96 bits per heavy atom. The molecule has 0 radical (unpaired) electrons. The molecular weight excluding hydrogens is 350 g/mol. The number of nitrogens with zero attached hydrogens (tertiary/aromatic N) is 1. The Labute approximate surface area is 159 Å². The van der Waals surface area contributed by atoms with Gasteiger partial charge in [0.1, 0.15) is 0 Å². The molecule has 2 aromatic rings. The van der Waals surface area contributed by atoms with Crippen molar-refractivity contribution in [2.24, 2.45) is 5.92 Å². The summed E-state index contributed by atoms with van der Waals surface area (Å²) in [6, 6.07) is 12.3. The number of hydrogen-bond acceptors (Lipinski definition) is 2. The number of halogens is 1. The maximum Gasteiger partial charge on any atom is 0.223 e. The van der Waals surface area contributed by atoms with Gasteiger partial charge in [-0.25, -0.2) is 0 Å². The third kappa shape index (κ3) is 5.32. The highest BCUT2D eigenvalue weighted by atomic mass is 35.5. The molecule has 0 aliphatic heterocycles. The first-order chi connectivity index (χ1) is 12.1. The van der Waals surface area contributed by atoms with Gasteiger partial charge in [-0.2, -0.15) is 0 Å². The van der Waals surface area contributed by atoms with Crippen LogP contribution in [0.15, 0.2) is 41.8 Å². The number of rotatable bonds is 7. The van der Waals surface area contributed by atoms with Crippen molar-refractivity contribution in [1.29, 1.82) is 0 Å². The molecule has 1 aromatic heterocycles. The van der Waals surface area contributed by atoms with Crippen LogP contribution in [0.1, 0.15) is 49.5 Å². The van der Waals surface area contributed by atoms with E-state index in [2.05, 4.69) is 29.3 Å². The summed E-state index contributed by atoms with van der Waals surface area (Å²) in [4.78, 5) is 16.4. The first-order valence-corrected chi connectivity index (χ1v) is 10.4. The van der Waals surface area contributed by atoms with Crippen LogP contribution in [0.2, 0.25) is 5.02 Å². The van der Waals surface area contributed by atoms with Gasteiger partial charge in [0, 0.05) is 35.3 Å². The lowest BCUT2D eigenvalue weighted by Gasteiger charge is -2.30. The van der Waals surface area contributed by atoms with E-state index >= 15 is 0 Å². The maximum absolute atomic E-state index is 13.0. The quantitative estimate of drug-likeness (QED) is 0.586. The summed E-state index contributed by atoms with van der Waals surface area (Å²) in [5, 5.41) is 2.84. The number of hydrogen-bond donors (Lipinski definition) is 0. The van der Waals surface area contributed by atoms with Crippen LogP contribution in [-0.2, 0) is 17.8 Å². The zero-order valence-electron chi connectivity index (χ0n) is 14.8. The van der Waals surface area contributed by atoms with Gasteiger partial charge in [0.2, 0.25) is 5.91 Å². The molecule has 1 fully saturated rings. The lowest BCUT2D eigenvalue weighted by Crippen LogP contribution is -2.39. The predicted molar refractivity (Wildman–Crippen MR) is 106 cm³/mol. The summed E-state index contributed by atoms with van der Waals surface area (Å²) in [6.45, 7) is 2.83. The van der Waals surface area contributed by atoms with Gasteiger partial charge in [0.05, 0.1) is 0 Å². The average Bonchev–Trinajstić information content (AvgIpc) is 3.28. The maximum atomic E-state index is 13.0. The number of carbonyl (C=O) groups is 1. The molecule has 2 nitrogen and oxygen atoms in total. The standard InChI is InChI=1S/C21H26ClNOS/c1-16(13-20-7-4-12-25-20)23(15-18-8-10-19(22)11-9-18)21(24)14-17-5-2-3-6-17/h4,7-12,16-17H,2-3,5-6,13-15H2,1H3/t16-/m1/s1. The molecule has 4 heteroatoms. The Balaban J connectivity index is 1.71. The van der Waals surface area contributed by atoms with Gasteiger partial charge in [-0.3, -0.25) is 4.79 Å². The van der Waals surface area contributed by atoms with Crippen molar-refractivity contribution in [2.45, 2.75) is 58.0 Å². The summed E-state index contributed by atoms with van der Waals surface area (Å²) in [5.41, 5.74) is 1.14. The minimum Gasteiger partial charge on any atom is -0.335 e. The van der Waals surface area contributed by atoms with E-state index in [1.165, 1.54) is 30.6 Å². The second-order valence-corrected chi connectivity index (χ2v) is 8.60. The minimum absolute atomic E-state index is 0.197. The van der Waals surface area contributed by atoms with Crippen LogP contribution in [0, 0.1) is 5.92 Å². The molecule has 25 heavy (non-hydrogen) atoms. The lowest BCUT2D eigenvalue weighted by molar-refractivity contribution is -0.134. The molecule has 1 amide bonds. The van der Waals surface area contributed by atoms with E-state index in [9.17, 15) is 4.79 Å². The van der Waals surface area contributed by atoms with Crippen molar-refractivity contribution < 1.29 is 4.79 Å². The van der Waals surface area contributed by atoms with E-state index in [0.29, 0.717) is 24.8 Å².